The van der Waals surface area contributed by atoms with Crippen LogP contribution in [0.3, 0.4) is 0 Å². The Kier molecular flexibility index (Phi) is 3.90. The highest BCUT2D eigenvalue weighted by molar-refractivity contribution is 5.46. The number of alkyl halides is 2. The van der Waals surface area contributed by atoms with Gasteiger partial charge in [0.05, 0.1) is 12.2 Å². The number of rotatable bonds is 5. The topological polar surface area (TPSA) is 59.2 Å². The lowest BCUT2D eigenvalue weighted by atomic mass is 10.3. The van der Waals surface area contributed by atoms with Crippen LogP contribution in [0.1, 0.15) is 24.9 Å². The van der Waals surface area contributed by atoms with Gasteiger partial charge in [-0.1, -0.05) is 6.07 Å². The molecule has 0 spiro atoms. The van der Waals surface area contributed by atoms with E-state index in [2.05, 4.69) is 20.3 Å². The molecule has 0 saturated heterocycles. The summed E-state index contributed by atoms with van der Waals surface area (Å²) in [6.45, 7) is 3.18. The van der Waals surface area contributed by atoms with E-state index in [0.717, 1.165) is 10.2 Å². The van der Waals surface area contributed by atoms with E-state index in [1.165, 1.54) is 0 Å². The Labute approximate surface area is 125 Å². The fourth-order valence-electron chi connectivity index (χ4n) is 2.14. The molecule has 114 valence electrons. The zero-order valence-corrected chi connectivity index (χ0v) is 11.9. The van der Waals surface area contributed by atoms with Gasteiger partial charge < -0.3 is 4.90 Å². The molecule has 3 aromatic rings. The first-order chi connectivity index (χ1) is 10.7. The minimum atomic E-state index is -2.72. The van der Waals surface area contributed by atoms with E-state index in [-0.39, 0.29) is 0 Å². The molecule has 0 N–H and O–H groups in total. The van der Waals surface area contributed by atoms with Crippen LogP contribution in [-0.2, 0) is 6.54 Å². The molecule has 0 saturated carbocycles. The molecule has 0 fully saturated rings. The maximum atomic E-state index is 12.9. The smallest absolute Gasteiger partial charge is 0.299 e. The molecule has 6 nitrogen and oxygen atoms in total. The molecular formula is C14H14F2N6. The van der Waals surface area contributed by atoms with Crippen molar-refractivity contribution < 1.29 is 8.78 Å². The van der Waals surface area contributed by atoms with Gasteiger partial charge in [-0.05, 0) is 31.2 Å². The lowest BCUT2D eigenvalue weighted by molar-refractivity contribution is 0.137. The Bertz CT molecular complexity index is 758. The fraction of sp³-hybridized carbons (Fsp3) is 0.286. The normalized spacial score (nSPS) is 11.3. The maximum Gasteiger partial charge on any atom is 0.299 e. The van der Waals surface area contributed by atoms with Gasteiger partial charge in [0, 0.05) is 12.7 Å². The lowest BCUT2D eigenvalue weighted by Gasteiger charge is -2.21. The van der Waals surface area contributed by atoms with Gasteiger partial charge >= 0.3 is 0 Å². The summed E-state index contributed by atoms with van der Waals surface area (Å²) in [6, 6.07) is 9.02. The van der Waals surface area contributed by atoms with E-state index in [1.54, 1.807) is 18.3 Å². The van der Waals surface area contributed by atoms with Crippen molar-refractivity contribution in [3.05, 3.63) is 48.0 Å². The van der Waals surface area contributed by atoms with Crippen LogP contribution in [0.5, 0.6) is 0 Å². The molecule has 3 heterocycles. The van der Waals surface area contributed by atoms with Gasteiger partial charge in [-0.2, -0.15) is 4.52 Å². The van der Waals surface area contributed by atoms with Crippen LogP contribution in [0.25, 0.3) is 5.65 Å². The van der Waals surface area contributed by atoms with Crippen molar-refractivity contribution in [1.29, 1.82) is 0 Å². The summed E-state index contributed by atoms with van der Waals surface area (Å²) in [6.07, 6.45) is -1.00. The van der Waals surface area contributed by atoms with Crippen LogP contribution in [0.2, 0.25) is 0 Å². The summed E-state index contributed by atoms with van der Waals surface area (Å²) in [7, 11) is 0. The fourth-order valence-corrected chi connectivity index (χ4v) is 2.14. The van der Waals surface area contributed by atoms with Crippen molar-refractivity contribution in [3.8, 4) is 0 Å². The molecule has 0 radical (unpaired) electrons. The van der Waals surface area contributed by atoms with E-state index < -0.39 is 12.2 Å². The van der Waals surface area contributed by atoms with Crippen LogP contribution in [-0.4, -0.2) is 31.3 Å². The summed E-state index contributed by atoms with van der Waals surface area (Å²) >= 11 is 0. The van der Waals surface area contributed by atoms with Crippen LogP contribution in [0, 0.1) is 0 Å². The van der Waals surface area contributed by atoms with Crippen LogP contribution in [0.4, 0.5) is 14.6 Å². The van der Waals surface area contributed by atoms with E-state index in [4.69, 9.17) is 0 Å². The number of aromatic nitrogens is 5. The Morgan fingerprint density at radius 3 is 2.73 bits per heavy atom. The molecule has 22 heavy (non-hydrogen) atoms. The van der Waals surface area contributed by atoms with Crippen molar-refractivity contribution in [2.24, 2.45) is 0 Å². The Morgan fingerprint density at radius 2 is 2.05 bits per heavy atom. The quantitative estimate of drug-likeness (QED) is 0.725. The van der Waals surface area contributed by atoms with Gasteiger partial charge in [0.15, 0.2) is 5.65 Å². The Balaban J connectivity index is 1.95. The molecule has 0 aromatic carbocycles. The van der Waals surface area contributed by atoms with Crippen LogP contribution in [0.15, 0.2) is 36.5 Å². The first-order valence-corrected chi connectivity index (χ1v) is 6.84. The van der Waals surface area contributed by atoms with E-state index in [0.29, 0.717) is 24.6 Å². The number of anilines is 1. The minimum Gasteiger partial charge on any atom is -0.350 e. The van der Waals surface area contributed by atoms with Gasteiger partial charge in [0.1, 0.15) is 5.82 Å². The molecule has 0 aliphatic rings. The van der Waals surface area contributed by atoms with Crippen molar-refractivity contribution in [3.63, 3.8) is 0 Å². The molecule has 3 aromatic heterocycles. The van der Waals surface area contributed by atoms with Crippen molar-refractivity contribution in [1.82, 2.24) is 24.8 Å². The first-order valence-electron chi connectivity index (χ1n) is 6.84. The largest absolute Gasteiger partial charge is 0.350 e. The monoisotopic (exact) mass is 304 g/mol. The summed E-state index contributed by atoms with van der Waals surface area (Å²) in [5, 5.41) is 11.4. The average molecular weight is 304 g/mol. The molecule has 0 amide bonds. The summed E-state index contributed by atoms with van der Waals surface area (Å²) < 4.78 is 26.9. The summed E-state index contributed by atoms with van der Waals surface area (Å²) in [5.74, 6) is 0.119. The van der Waals surface area contributed by atoms with Gasteiger partial charge in [-0.15, -0.1) is 15.3 Å². The molecule has 3 rings (SSSR count). The standard InChI is InChI=1S/C14H14F2N6/c1-2-21(9-10-5-3-4-8-17-10)12-7-6-11-18-19-14(13(15)16)22(11)20-12/h3-8,13H,2,9H2,1H3. The van der Waals surface area contributed by atoms with Crippen molar-refractivity contribution >= 4 is 11.5 Å². The Hall–Kier alpha value is -2.64. The average Bonchev–Trinajstić information content (AvgIpc) is 2.97. The molecular weight excluding hydrogens is 290 g/mol. The van der Waals surface area contributed by atoms with E-state index in [9.17, 15) is 8.78 Å². The zero-order valence-electron chi connectivity index (χ0n) is 11.9. The van der Waals surface area contributed by atoms with Gasteiger partial charge in [-0.25, -0.2) is 8.78 Å². The second kappa shape index (κ2) is 6.00. The summed E-state index contributed by atoms with van der Waals surface area (Å²) in [4.78, 5) is 6.21. The van der Waals surface area contributed by atoms with E-state index >= 15 is 0 Å². The second-order valence-electron chi connectivity index (χ2n) is 4.66. The maximum absolute atomic E-state index is 12.9. The molecule has 0 aliphatic heterocycles. The predicted octanol–water partition coefficient (Wildman–Crippen LogP) is 2.48. The molecule has 0 unspecified atom stereocenters. The SMILES string of the molecule is CCN(Cc1ccccn1)c1ccc2nnc(C(F)F)n2n1. The third kappa shape index (κ3) is 2.72. The highest BCUT2D eigenvalue weighted by atomic mass is 19.3. The van der Waals surface area contributed by atoms with Gasteiger partial charge in [0.25, 0.3) is 6.43 Å². The van der Waals surface area contributed by atoms with Crippen LogP contribution >= 0.6 is 0 Å². The molecule has 8 heteroatoms. The highest BCUT2D eigenvalue weighted by Gasteiger charge is 2.18. The van der Waals surface area contributed by atoms with Gasteiger partial charge in [-0.3, -0.25) is 4.98 Å². The van der Waals surface area contributed by atoms with Gasteiger partial charge in [0.2, 0.25) is 5.82 Å². The minimum absolute atomic E-state index is 0.299. The third-order valence-corrected chi connectivity index (χ3v) is 3.25. The highest BCUT2D eigenvalue weighted by Crippen LogP contribution is 2.19. The lowest BCUT2D eigenvalue weighted by Crippen LogP contribution is -2.24. The first kappa shape index (κ1) is 14.3. The number of pyridine rings is 1. The molecule has 0 bridgehead atoms. The van der Waals surface area contributed by atoms with Crippen molar-refractivity contribution in [2.75, 3.05) is 11.4 Å². The van der Waals surface area contributed by atoms with E-state index in [1.807, 2.05) is 30.0 Å². The molecule has 0 aliphatic carbocycles. The summed E-state index contributed by atoms with van der Waals surface area (Å²) in [5.41, 5.74) is 1.18. The Morgan fingerprint density at radius 1 is 1.18 bits per heavy atom. The molecule has 0 atom stereocenters. The number of halogens is 2. The number of hydrogen-bond acceptors (Lipinski definition) is 5. The predicted molar refractivity (Wildman–Crippen MR) is 76.7 cm³/mol. The second-order valence-corrected chi connectivity index (χ2v) is 4.66. The zero-order chi connectivity index (χ0) is 15.5. The van der Waals surface area contributed by atoms with Crippen molar-refractivity contribution in [2.45, 2.75) is 19.9 Å². The number of fused-ring (bicyclic) bond motifs is 1. The third-order valence-electron chi connectivity index (χ3n) is 3.25. The van der Waals surface area contributed by atoms with Crippen LogP contribution < -0.4 is 4.90 Å². The number of hydrogen-bond donors (Lipinski definition) is 0. The number of nitrogens with zero attached hydrogens (tertiary/aromatic N) is 6.